The zero-order valence-electron chi connectivity index (χ0n) is 19.4. The van der Waals surface area contributed by atoms with E-state index < -0.39 is 42.3 Å². The van der Waals surface area contributed by atoms with E-state index in [1.807, 2.05) is 27.7 Å². The lowest BCUT2D eigenvalue weighted by Crippen LogP contribution is -2.41. The second kappa shape index (κ2) is 9.12. The van der Waals surface area contributed by atoms with E-state index in [-0.39, 0.29) is 36.7 Å². The highest BCUT2D eigenvalue weighted by molar-refractivity contribution is 6.64. The van der Waals surface area contributed by atoms with Gasteiger partial charge in [-0.1, -0.05) is 6.07 Å². The third-order valence-corrected chi connectivity index (χ3v) is 5.98. The van der Waals surface area contributed by atoms with Gasteiger partial charge in [-0.3, -0.25) is 4.79 Å². The van der Waals surface area contributed by atoms with Crippen LogP contribution in [0.2, 0.25) is 0 Å². The summed E-state index contributed by atoms with van der Waals surface area (Å²) in [7, 11) is 0.152. The van der Waals surface area contributed by atoms with E-state index >= 15 is 0 Å². The van der Waals surface area contributed by atoms with Gasteiger partial charge in [0, 0.05) is 23.8 Å². The molecule has 2 N–H and O–H groups in total. The first kappa shape index (κ1) is 25.9. The van der Waals surface area contributed by atoms with E-state index in [0.717, 1.165) is 19.2 Å². The summed E-state index contributed by atoms with van der Waals surface area (Å²) in [6.45, 7) is 6.71. The molecule has 1 fully saturated rings. The molecule has 2 aliphatic rings. The van der Waals surface area contributed by atoms with Gasteiger partial charge >= 0.3 is 19.5 Å². The Morgan fingerprint density at radius 1 is 1.24 bits per heavy atom. The van der Waals surface area contributed by atoms with Crippen LogP contribution in [0, 0.1) is 0 Å². The van der Waals surface area contributed by atoms with Crippen LogP contribution in [0.4, 0.5) is 18.9 Å². The van der Waals surface area contributed by atoms with Crippen LogP contribution in [0.3, 0.4) is 0 Å². The van der Waals surface area contributed by atoms with Crippen LogP contribution >= 0.6 is 0 Å². The first-order chi connectivity index (χ1) is 15.7. The second-order valence-corrected chi connectivity index (χ2v) is 8.81. The van der Waals surface area contributed by atoms with Crippen LogP contribution in [0.25, 0.3) is 0 Å². The van der Waals surface area contributed by atoms with Crippen molar-refractivity contribution in [1.82, 2.24) is 4.90 Å². The van der Waals surface area contributed by atoms with E-state index in [9.17, 15) is 27.9 Å². The SMILES string of the molecule is COC(=O)C1=C(Nc2cc(OC(F)(F)F)ccc2B2OC(C)(C)C(C)(C)O2)C(=O)N(CCO)C1. The van der Waals surface area contributed by atoms with Crippen LogP contribution in [-0.4, -0.2) is 73.4 Å². The van der Waals surface area contributed by atoms with Crippen molar-refractivity contribution < 1.29 is 46.6 Å². The number of aliphatic hydroxyl groups excluding tert-OH is 1. The number of ether oxygens (including phenoxy) is 2. The van der Waals surface area contributed by atoms with E-state index in [1.165, 1.54) is 11.0 Å². The Morgan fingerprint density at radius 2 is 1.85 bits per heavy atom. The van der Waals surface area contributed by atoms with Crippen molar-refractivity contribution in [2.24, 2.45) is 0 Å². The summed E-state index contributed by atoms with van der Waals surface area (Å²) in [5, 5.41) is 12.0. The number of hydrogen-bond donors (Lipinski definition) is 2. The molecule has 34 heavy (non-hydrogen) atoms. The Kier molecular flexibility index (Phi) is 6.93. The van der Waals surface area contributed by atoms with Gasteiger partial charge in [-0.25, -0.2) is 4.79 Å². The number of anilines is 1. The highest BCUT2D eigenvalue weighted by Gasteiger charge is 2.52. The molecule has 2 aliphatic heterocycles. The molecule has 0 aromatic heterocycles. The van der Waals surface area contributed by atoms with Crippen molar-refractivity contribution in [1.29, 1.82) is 0 Å². The number of nitrogens with zero attached hydrogens (tertiary/aromatic N) is 1. The van der Waals surface area contributed by atoms with Crippen molar-refractivity contribution in [2.75, 3.05) is 32.1 Å². The maximum absolute atomic E-state index is 12.9. The predicted octanol–water partition coefficient (Wildman–Crippen LogP) is 1.56. The van der Waals surface area contributed by atoms with Gasteiger partial charge in [0.2, 0.25) is 0 Å². The first-order valence-corrected chi connectivity index (χ1v) is 10.4. The van der Waals surface area contributed by atoms with Crippen LogP contribution in [0.15, 0.2) is 29.5 Å². The number of hydrogen-bond acceptors (Lipinski definition) is 8. The first-order valence-electron chi connectivity index (χ1n) is 10.4. The molecule has 3 rings (SSSR count). The number of benzene rings is 1. The maximum Gasteiger partial charge on any atom is 0.573 e. The van der Waals surface area contributed by atoms with Gasteiger partial charge in [0.25, 0.3) is 5.91 Å². The molecule has 0 bridgehead atoms. The zero-order valence-corrected chi connectivity index (χ0v) is 19.4. The minimum absolute atomic E-state index is 0.0100. The molecule has 13 heteroatoms. The summed E-state index contributed by atoms with van der Waals surface area (Å²) in [4.78, 5) is 26.4. The quantitative estimate of drug-likeness (QED) is 0.442. The highest BCUT2D eigenvalue weighted by Crippen LogP contribution is 2.38. The zero-order chi connectivity index (χ0) is 25.5. The topological polar surface area (TPSA) is 107 Å². The molecule has 1 aromatic carbocycles. The normalized spacial score (nSPS) is 19.6. The summed E-state index contributed by atoms with van der Waals surface area (Å²) >= 11 is 0. The molecule has 1 aromatic rings. The monoisotopic (exact) mass is 486 g/mol. The van der Waals surface area contributed by atoms with Gasteiger partial charge in [-0.15, -0.1) is 13.2 Å². The molecule has 0 spiro atoms. The Bertz CT molecular complexity index is 995. The molecular weight excluding hydrogens is 460 g/mol. The summed E-state index contributed by atoms with van der Waals surface area (Å²) in [5.41, 5.74) is -1.42. The Morgan fingerprint density at radius 3 is 2.38 bits per heavy atom. The van der Waals surface area contributed by atoms with Gasteiger partial charge in [-0.2, -0.15) is 0 Å². The van der Waals surface area contributed by atoms with E-state index in [2.05, 4.69) is 10.1 Å². The van der Waals surface area contributed by atoms with E-state index in [1.54, 1.807) is 0 Å². The number of β-amino-alcohol motifs (C(OH)–C–C–N with tert-alkyl or cyclic N) is 1. The van der Waals surface area contributed by atoms with Crippen molar-refractivity contribution in [3.8, 4) is 5.75 Å². The van der Waals surface area contributed by atoms with Crippen molar-refractivity contribution in [2.45, 2.75) is 45.3 Å². The predicted molar refractivity (Wildman–Crippen MR) is 115 cm³/mol. The number of amides is 1. The fourth-order valence-electron chi connectivity index (χ4n) is 3.50. The number of alkyl halides is 3. The second-order valence-electron chi connectivity index (χ2n) is 8.81. The molecule has 1 amide bonds. The molecular formula is C21H26BF3N2O7. The lowest BCUT2D eigenvalue weighted by atomic mass is 9.77. The lowest BCUT2D eigenvalue weighted by Gasteiger charge is -2.32. The van der Waals surface area contributed by atoms with E-state index in [4.69, 9.17) is 14.0 Å². The van der Waals surface area contributed by atoms with Gasteiger partial charge in [-0.05, 0) is 33.8 Å². The molecule has 2 heterocycles. The van der Waals surface area contributed by atoms with Crippen molar-refractivity contribution in [3.63, 3.8) is 0 Å². The molecule has 0 saturated carbocycles. The number of aliphatic hydroxyl groups is 1. The third kappa shape index (κ3) is 5.16. The number of nitrogens with one attached hydrogen (secondary N) is 1. The molecule has 0 aliphatic carbocycles. The summed E-state index contributed by atoms with van der Waals surface area (Å²) in [6.07, 6.45) is -4.94. The van der Waals surface area contributed by atoms with Gasteiger partial charge < -0.3 is 34.1 Å². The molecule has 1 saturated heterocycles. The fourth-order valence-corrected chi connectivity index (χ4v) is 3.50. The van der Waals surface area contributed by atoms with Crippen LogP contribution in [0.5, 0.6) is 5.75 Å². The Balaban J connectivity index is 2.06. The molecule has 0 radical (unpaired) electrons. The molecule has 0 atom stereocenters. The average Bonchev–Trinajstić information content (AvgIpc) is 3.13. The summed E-state index contributed by atoms with van der Waals surface area (Å²) < 4.78 is 59.4. The lowest BCUT2D eigenvalue weighted by molar-refractivity contribution is -0.274. The van der Waals surface area contributed by atoms with Gasteiger partial charge in [0.05, 0.1) is 37.0 Å². The number of methoxy groups -OCH3 is 1. The van der Waals surface area contributed by atoms with Gasteiger partial charge in [0.1, 0.15) is 11.4 Å². The van der Waals surface area contributed by atoms with Crippen molar-refractivity contribution in [3.05, 3.63) is 29.5 Å². The summed E-state index contributed by atoms with van der Waals surface area (Å²) in [5.74, 6) is -1.97. The molecule has 9 nitrogen and oxygen atoms in total. The fraction of sp³-hybridized carbons (Fsp3) is 0.524. The minimum atomic E-state index is -4.94. The van der Waals surface area contributed by atoms with Gasteiger partial charge in [0.15, 0.2) is 0 Å². The smallest absolute Gasteiger partial charge is 0.466 e. The molecule has 0 unspecified atom stereocenters. The van der Waals surface area contributed by atoms with Crippen LogP contribution in [-0.2, 0) is 23.6 Å². The third-order valence-electron chi connectivity index (χ3n) is 5.98. The number of carbonyl (C=O) groups excluding carboxylic acids is 2. The maximum atomic E-state index is 12.9. The average molecular weight is 486 g/mol. The summed E-state index contributed by atoms with van der Waals surface area (Å²) in [6, 6.07) is 3.47. The number of rotatable bonds is 7. The number of carbonyl (C=O) groups is 2. The standard InChI is InChI=1S/C21H26BF3N2O7/c1-19(2)20(3,4)34-22(33-19)14-7-6-12(32-21(23,24)25)10-15(14)26-16-13(18(30)31-5)11-27(8-9-28)17(16)29/h6-7,10,26,28H,8-9,11H2,1-5H3. The highest BCUT2D eigenvalue weighted by atomic mass is 19.4. The van der Waals surface area contributed by atoms with E-state index in [0.29, 0.717) is 5.46 Å². The number of esters is 1. The Hall–Kier alpha value is -2.77. The minimum Gasteiger partial charge on any atom is -0.466 e. The van der Waals surface area contributed by atoms with Crippen LogP contribution in [0.1, 0.15) is 27.7 Å². The van der Waals surface area contributed by atoms with Crippen molar-refractivity contribution >= 4 is 30.1 Å². The van der Waals surface area contributed by atoms with Crippen LogP contribution < -0.4 is 15.5 Å². The Labute approximate surface area is 194 Å². The number of halogens is 3. The molecule has 186 valence electrons. The largest absolute Gasteiger partial charge is 0.573 e.